The van der Waals surface area contributed by atoms with Gasteiger partial charge in [0.2, 0.25) is 5.82 Å². The van der Waals surface area contributed by atoms with Crippen molar-refractivity contribution in [2.24, 2.45) is 5.92 Å². The van der Waals surface area contributed by atoms with Crippen LogP contribution in [0.3, 0.4) is 0 Å². The van der Waals surface area contributed by atoms with E-state index in [2.05, 4.69) is 6.58 Å². The van der Waals surface area contributed by atoms with Crippen LogP contribution in [-0.4, -0.2) is 13.2 Å². The smallest absolute Gasteiger partial charge is 0.201 e. The zero-order chi connectivity index (χ0) is 25.7. The summed E-state index contributed by atoms with van der Waals surface area (Å²) in [6.07, 6.45) is 5.50. The van der Waals surface area contributed by atoms with E-state index < -0.39 is 29.4 Å². The predicted octanol–water partition coefficient (Wildman–Crippen LogP) is 8.80. The first-order valence-electron chi connectivity index (χ1n) is 12.4. The van der Waals surface area contributed by atoms with Gasteiger partial charge in [-0.25, -0.2) is 13.2 Å². The highest BCUT2D eigenvalue weighted by Crippen LogP contribution is 2.37. The highest BCUT2D eigenvalue weighted by molar-refractivity contribution is 5.71. The SMILES string of the molecule is C=CCCC1CCC(c2ccc(-c3ccc(-c4ccc(OCCC)c(F)c4F)cc3)c(F)c2F)OC1. The maximum absolute atomic E-state index is 15.1. The lowest BCUT2D eigenvalue weighted by atomic mass is 9.90. The molecule has 0 N–H and O–H groups in total. The third-order valence-electron chi connectivity index (χ3n) is 6.62. The van der Waals surface area contributed by atoms with Gasteiger partial charge in [0.15, 0.2) is 23.2 Å². The van der Waals surface area contributed by atoms with E-state index in [1.807, 2.05) is 13.0 Å². The standard InChI is InChI=1S/C30H30F4O2/c1-3-5-6-19-7-15-25(36-18-19)24-13-12-22(27(31)29(24)33)20-8-10-21(11-9-20)23-14-16-26(35-17-4-2)30(34)28(23)32/h3,8-14,16,19,25H,1,4-7,15,17-18H2,2H3. The number of rotatable bonds is 9. The summed E-state index contributed by atoms with van der Waals surface area (Å²) in [5.74, 6) is -3.66. The molecule has 36 heavy (non-hydrogen) atoms. The molecule has 2 nitrogen and oxygen atoms in total. The fraction of sp³-hybridized carbons (Fsp3) is 0.333. The first-order valence-corrected chi connectivity index (χ1v) is 12.4. The topological polar surface area (TPSA) is 18.5 Å². The van der Waals surface area contributed by atoms with Gasteiger partial charge in [-0.05, 0) is 61.3 Å². The van der Waals surface area contributed by atoms with Gasteiger partial charge < -0.3 is 9.47 Å². The van der Waals surface area contributed by atoms with Gasteiger partial charge in [0.05, 0.1) is 19.3 Å². The summed E-state index contributed by atoms with van der Waals surface area (Å²) in [4.78, 5) is 0. The molecule has 1 heterocycles. The molecule has 2 atom stereocenters. The monoisotopic (exact) mass is 498 g/mol. The van der Waals surface area contributed by atoms with Crippen LogP contribution in [0, 0.1) is 29.2 Å². The van der Waals surface area contributed by atoms with Gasteiger partial charge in [-0.1, -0.05) is 49.4 Å². The minimum atomic E-state index is -1.05. The van der Waals surface area contributed by atoms with E-state index >= 15 is 8.78 Å². The summed E-state index contributed by atoms with van der Waals surface area (Å²) in [6.45, 7) is 6.41. The molecule has 6 heteroatoms. The van der Waals surface area contributed by atoms with Crippen molar-refractivity contribution in [3.63, 3.8) is 0 Å². The van der Waals surface area contributed by atoms with Crippen LogP contribution in [0.4, 0.5) is 17.6 Å². The second-order valence-electron chi connectivity index (χ2n) is 9.13. The quantitative estimate of drug-likeness (QED) is 0.217. The minimum absolute atomic E-state index is 0.0609. The third kappa shape index (κ3) is 5.49. The van der Waals surface area contributed by atoms with Gasteiger partial charge in [0, 0.05) is 16.7 Å². The van der Waals surface area contributed by atoms with Crippen molar-refractivity contribution in [3.8, 4) is 28.0 Å². The van der Waals surface area contributed by atoms with Crippen LogP contribution in [0.1, 0.15) is 50.7 Å². The van der Waals surface area contributed by atoms with E-state index in [0.717, 1.165) is 19.3 Å². The molecule has 1 aliphatic heterocycles. The highest BCUT2D eigenvalue weighted by atomic mass is 19.2. The zero-order valence-corrected chi connectivity index (χ0v) is 20.3. The van der Waals surface area contributed by atoms with Crippen LogP contribution >= 0.6 is 0 Å². The molecular formula is C30H30F4O2. The highest BCUT2D eigenvalue weighted by Gasteiger charge is 2.27. The molecule has 2 unspecified atom stereocenters. The molecule has 1 saturated heterocycles. The molecule has 0 aromatic heterocycles. The Hall–Kier alpha value is -3.12. The summed E-state index contributed by atoms with van der Waals surface area (Å²) < 4.78 is 70.2. The Morgan fingerprint density at radius 2 is 1.50 bits per heavy atom. The molecule has 3 aromatic rings. The van der Waals surface area contributed by atoms with E-state index in [1.54, 1.807) is 30.3 Å². The average molecular weight is 499 g/mol. The number of ether oxygens (including phenoxy) is 2. The lowest BCUT2D eigenvalue weighted by molar-refractivity contribution is -0.0210. The molecule has 0 bridgehead atoms. The minimum Gasteiger partial charge on any atom is -0.490 e. The van der Waals surface area contributed by atoms with Crippen LogP contribution in [-0.2, 0) is 4.74 Å². The van der Waals surface area contributed by atoms with Crippen LogP contribution < -0.4 is 4.74 Å². The largest absolute Gasteiger partial charge is 0.490 e. The number of hydrogen-bond donors (Lipinski definition) is 0. The van der Waals surface area contributed by atoms with Crippen LogP contribution in [0.25, 0.3) is 22.3 Å². The van der Waals surface area contributed by atoms with Crippen LogP contribution in [0.15, 0.2) is 61.2 Å². The lowest BCUT2D eigenvalue weighted by Crippen LogP contribution is -2.21. The number of hydrogen-bond acceptors (Lipinski definition) is 2. The summed E-state index contributed by atoms with van der Waals surface area (Å²) >= 11 is 0. The molecule has 0 amide bonds. The van der Waals surface area contributed by atoms with Crippen molar-refractivity contribution >= 4 is 0 Å². The zero-order valence-electron chi connectivity index (χ0n) is 20.3. The fourth-order valence-corrected chi connectivity index (χ4v) is 4.58. The Labute approximate surface area is 209 Å². The van der Waals surface area contributed by atoms with Crippen molar-refractivity contribution in [1.82, 2.24) is 0 Å². The van der Waals surface area contributed by atoms with Crippen molar-refractivity contribution in [3.05, 3.63) is 90.0 Å². The number of halogens is 4. The van der Waals surface area contributed by atoms with Crippen LogP contribution in [0.2, 0.25) is 0 Å². The number of benzene rings is 3. The van der Waals surface area contributed by atoms with Crippen molar-refractivity contribution in [2.75, 3.05) is 13.2 Å². The molecule has 3 aromatic carbocycles. The van der Waals surface area contributed by atoms with Crippen LogP contribution in [0.5, 0.6) is 5.75 Å². The molecular weight excluding hydrogens is 468 g/mol. The molecule has 1 fully saturated rings. The Bertz CT molecular complexity index is 1200. The van der Waals surface area contributed by atoms with E-state index in [9.17, 15) is 8.78 Å². The average Bonchev–Trinajstić information content (AvgIpc) is 2.90. The molecule has 190 valence electrons. The lowest BCUT2D eigenvalue weighted by Gasteiger charge is -2.29. The molecule has 4 rings (SSSR count). The van der Waals surface area contributed by atoms with Gasteiger partial charge in [0.1, 0.15) is 0 Å². The van der Waals surface area contributed by atoms with E-state index in [0.29, 0.717) is 36.5 Å². The number of allylic oxidation sites excluding steroid dienone is 1. The van der Waals surface area contributed by atoms with Gasteiger partial charge in [-0.2, -0.15) is 4.39 Å². The Morgan fingerprint density at radius 1 is 0.861 bits per heavy atom. The molecule has 1 aliphatic rings. The first kappa shape index (κ1) is 26.0. The van der Waals surface area contributed by atoms with E-state index in [1.165, 1.54) is 18.2 Å². The van der Waals surface area contributed by atoms with Crippen molar-refractivity contribution in [1.29, 1.82) is 0 Å². The molecule has 0 radical (unpaired) electrons. The maximum atomic E-state index is 15.1. The summed E-state index contributed by atoms with van der Waals surface area (Å²) in [5.41, 5.74) is 1.22. The summed E-state index contributed by atoms with van der Waals surface area (Å²) in [7, 11) is 0. The van der Waals surface area contributed by atoms with Gasteiger partial charge in [-0.3, -0.25) is 0 Å². The summed E-state index contributed by atoms with van der Waals surface area (Å²) in [5, 5.41) is 0. The Kier molecular flexibility index (Phi) is 8.47. The van der Waals surface area contributed by atoms with Crippen molar-refractivity contribution < 1.29 is 27.0 Å². The Morgan fingerprint density at radius 3 is 2.08 bits per heavy atom. The predicted molar refractivity (Wildman–Crippen MR) is 134 cm³/mol. The van der Waals surface area contributed by atoms with Gasteiger partial charge in [0.25, 0.3) is 0 Å². The second-order valence-corrected chi connectivity index (χ2v) is 9.13. The van der Waals surface area contributed by atoms with Crippen molar-refractivity contribution in [2.45, 2.75) is 45.1 Å². The van der Waals surface area contributed by atoms with E-state index in [-0.39, 0.29) is 29.0 Å². The third-order valence-corrected chi connectivity index (χ3v) is 6.62. The molecule has 0 aliphatic carbocycles. The first-order chi connectivity index (χ1) is 17.4. The van der Waals surface area contributed by atoms with Gasteiger partial charge in [-0.15, -0.1) is 6.58 Å². The maximum Gasteiger partial charge on any atom is 0.201 e. The van der Waals surface area contributed by atoms with E-state index in [4.69, 9.17) is 9.47 Å². The fourth-order valence-electron chi connectivity index (χ4n) is 4.58. The summed E-state index contributed by atoms with van der Waals surface area (Å²) in [6, 6.07) is 12.2. The normalized spacial score (nSPS) is 17.7. The molecule has 0 saturated carbocycles. The molecule has 0 spiro atoms. The van der Waals surface area contributed by atoms with Gasteiger partial charge >= 0.3 is 0 Å². The second kappa shape index (κ2) is 11.7. The Balaban J connectivity index is 1.52.